The summed E-state index contributed by atoms with van der Waals surface area (Å²) in [6.45, 7) is 7.84. The molecule has 1 aliphatic heterocycles. The molecule has 1 unspecified atom stereocenters. The molecule has 144 valence electrons. The number of nitrogens with one attached hydrogen (secondary N) is 1. The van der Waals surface area contributed by atoms with Crippen molar-refractivity contribution in [1.29, 1.82) is 0 Å². The smallest absolute Gasteiger partial charge is 0.278 e. The van der Waals surface area contributed by atoms with E-state index in [0.29, 0.717) is 11.6 Å². The monoisotopic (exact) mass is 367 g/mol. The molecule has 0 bridgehead atoms. The molecule has 27 heavy (non-hydrogen) atoms. The van der Waals surface area contributed by atoms with Gasteiger partial charge in [-0.1, -0.05) is 32.0 Å². The summed E-state index contributed by atoms with van der Waals surface area (Å²) < 4.78 is 5.50. The highest BCUT2D eigenvalue weighted by atomic mass is 16.5. The quantitative estimate of drug-likeness (QED) is 0.851. The van der Waals surface area contributed by atoms with Crippen LogP contribution in [0.3, 0.4) is 0 Å². The van der Waals surface area contributed by atoms with Gasteiger partial charge in [0.05, 0.1) is 0 Å². The molecule has 1 amide bonds. The SMILES string of the molecule is CN1CCCc2ccc(NC(=O)c3noc4c3CC(C(C)(C)C)CC4)cc21. The van der Waals surface area contributed by atoms with Gasteiger partial charge in [0.25, 0.3) is 5.91 Å². The number of aryl methyl sites for hydroxylation is 2. The van der Waals surface area contributed by atoms with E-state index in [0.717, 1.165) is 49.2 Å². The Morgan fingerprint density at radius 3 is 2.89 bits per heavy atom. The molecule has 1 N–H and O–H groups in total. The van der Waals surface area contributed by atoms with Gasteiger partial charge in [-0.05, 0) is 54.7 Å². The largest absolute Gasteiger partial charge is 0.374 e. The Labute approximate surface area is 161 Å². The Kier molecular flexibility index (Phi) is 4.49. The zero-order chi connectivity index (χ0) is 19.2. The Morgan fingerprint density at radius 1 is 1.30 bits per heavy atom. The molecular formula is C22H29N3O2. The third-order valence-corrected chi connectivity index (χ3v) is 6.17. The third-order valence-electron chi connectivity index (χ3n) is 6.17. The van der Waals surface area contributed by atoms with E-state index in [1.54, 1.807) is 0 Å². The van der Waals surface area contributed by atoms with Gasteiger partial charge >= 0.3 is 0 Å². The van der Waals surface area contributed by atoms with Gasteiger partial charge in [0.1, 0.15) is 5.76 Å². The summed E-state index contributed by atoms with van der Waals surface area (Å²) in [7, 11) is 2.10. The van der Waals surface area contributed by atoms with Gasteiger partial charge in [0.2, 0.25) is 0 Å². The predicted octanol–water partition coefficient (Wildman–Crippen LogP) is 4.46. The summed E-state index contributed by atoms with van der Waals surface area (Å²) in [6.07, 6.45) is 5.08. The van der Waals surface area contributed by atoms with Crippen LogP contribution < -0.4 is 10.2 Å². The van der Waals surface area contributed by atoms with Crippen molar-refractivity contribution in [2.75, 3.05) is 23.8 Å². The lowest BCUT2D eigenvalue weighted by Gasteiger charge is -2.33. The van der Waals surface area contributed by atoms with Crippen molar-refractivity contribution < 1.29 is 9.32 Å². The molecule has 2 heterocycles. The highest BCUT2D eigenvalue weighted by Crippen LogP contribution is 2.38. The summed E-state index contributed by atoms with van der Waals surface area (Å²) >= 11 is 0. The number of hydrogen-bond donors (Lipinski definition) is 1. The predicted molar refractivity (Wildman–Crippen MR) is 107 cm³/mol. The molecule has 2 aromatic rings. The maximum Gasteiger partial charge on any atom is 0.278 e. The van der Waals surface area contributed by atoms with Gasteiger partial charge in [0.15, 0.2) is 5.69 Å². The van der Waals surface area contributed by atoms with E-state index in [9.17, 15) is 4.79 Å². The van der Waals surface area contributed by atoms with Crippen molar-refractivity contribution in [2.24, 2.45) is 11.3 Å². The zero-order valence-electron chi connectivity index (χ0n) is 16.8. The summed E-state index contributed by atoms with van der Waals surface area (Å²) in [5.41, 5.74) is 5.01. The Bertz CT molecular complexity index is 863. The minimum Gasteiger partial charge on any atom is -0.374 e. The third kappa shape index (κ3) is 3.47. The van der Waals surface area contributed by atoms with Crippen LogP contribution in [-0.2, 0) is 19.3 Å². The number of nitrogens with zero attached hydrogens (tertiary/aromatic N) is 2. The Morgan fingerprint density at radius 2 is 2.11 bits per heavy atom. The van der Waals surface area contributed by atoms with Crippen LogP contribution in [0.4, 0.5) is 11.4 Å². The van der Waals surface area contributed by atoms with Crippen LogP contribution in [0, 0.1) is 11.3 Å². The second-order valence-corrected chi connectivity index (χ2v) is 9.06. The van der Waals surface area contributed by atoms with Crippen molar-refractivity contribution in [3.63, 3.8) is 0 Å². The fourth-order valence-electron chi connectivity index (χ4n) is 4.35. The van der Waals surface area contributed by atoms with Crippen LogP contribution in [-0.4, -0.2) is 24.7 Å². The van der Waals surface area contributed by atoms with E-state index >= 15 is 0 Å². The first-order valence-electron chi connectivity index (χ1n) is 9.96. The molecule has 1 aliphatic carbocycles. The van der Waals surface area contributed by atoms with Crippen LogP contribution in [0.2, 0.25) is 0 Å². The molecule has 0 fully saturated rings. The van der Waals surface area contributed by atoms with E-state index in [-0.39, 0.29) is 11.3 Å². The van der Waals surface area contributed by atoms with E-state index < -0.39 is 0 Å². The second-order valence-electron chi connectivity index (χ2n) is 9.06. The average Bonchev–Trinajstić information content (AvgIpc) is 3.05. The van der Waals surface area contributed by atoms with Crippen LogP contribution in [0.15, 0.2) is 22.7 Å². The molecule has 4 rings (SSSR count). The number of benzene rings is 1. The molecule has 0 saturated carbocycles. The number of carbonyl (C=O) groups excluding carboxylic acids is 1. The minimum absolute atomic E-state index is 0.173. The number of aromatic nitrogens is 1. The van der Waals surface area contributed by atoms with Crippen molar-refractivity contribution >= 4 is 17.3 Å². The van der Waals surface area contributed by atoms with E-state index in [1.807, 2.05) is 6.07 Å². The maximum atomic E-state index is 12.9. The molecule has 2 aliphatic rings. The van der Waals surface area contributed by atoms with Gasteiger partial charge in [-0.2, -0.15) is 0 Å². The lowest BCUT2D eigenvalue weighted by Crippen LogP contribution is -2.28. The lowest BCUT2D eigenvalue weighted by atomic mass is 9.71. The number of rotatable bonds is 2. The molecule has 5 heteroatoms. The number of fused-ring (bicyclic) bond motifs is 2. The molecule has 0 radical (unpaired) electrons. The summed E-state index contributed by atoms with van der Waals surface area (Å²) in [5, 5.41) is 7.15. The van der Waals surface area contributed by atoms with Gasteiger partial charge in [-0.15, -0.1) is 0 Å². The first-order chi connectivity index (χ1) is 12.8. The highest BCUT2D eigenvalue weighted by molar-refractivity contribution is 6.04. The molecule has 1 aromatic heterocycles. The zero-order valence-corrected chi connectivity index (χ0v) is 16.8. The summed E-state index contributed by atoms with van der Waals surface area (Å²) in [5.74, 6) is 1.24. The highest BCUT2D eigenvalue weighted by Gasteiger charge is 2.34. The van der Waals surface area contributed by atoms with Crippen LogP contribution >= 0.6 is 0 Å². The molecule has 1 atom stereocenters. The van der Waals surface area contributed by atoms with Gasteiger partial charge in [0, 0.05) is 37.0 Å². The number of anilines is 2. The van der Waals surface area contributed by atoms with E-state index in [1.165, 1.54) is 17.7 Å². The van der Waals surface area contributed by atoms with Crippen LogP contribution in [0.25, 0.3) is 0 Å². The van der Waals surface area contributed by atoms with Gasteiger partial charge < -0.3 is 14.7 Å². The fraction of sp³-hybridized carbons (Fsp3) is 0.545. The van der Waals surface area contributed by atoms with Crippen molar-refractivity contribution in [1.82, 2.24) is 5.16 Å². The molecule has 0 saturated heterocycles. The Balaban J connectivity index is 1.55. The lowest BCUT2D eigenvalue weighted by molar-refractivity contribution is 0.101. The Hall–Kier alpha value is -2.30. The van der Waals surface area contributed by atoms with Crippen molar-refractivity contribution in [3.05, 3.63) is 40.8 Å². The summed E-state index contributed by atoms with van der Waals surface area (Å²) in [4.78, 5) is 15.2. The van der Waals surface area contributed by atoms with E-state index in [2.05, 4.69) is 55.3 Å². The van der Waals surface area contributed by atoms with Crippen molar-refractivity contribution in [2.45, 2.75) is 52.9 Å². The normalized spacial score (nSPS) is 19.4. The number of amides is 1. The first kappa shape index (κ1) is 18.1. The standard InChI is InChI=1S/C22H29N3O2/c1-22(2,3)15-8-10-19-17(12-15)20(24-27-19)21(26)23-16-9-7-14-6-5-11-25(4)18(14)13-16/h7,9,13,15H,5-6,8,10-12H2,1-4H3,(H,23,26). The maximum absolute atomic E-state index is 12.9. The van der Waals surface area contributed by atoms with Crippen LogP contribution in [0.5, 0.6) is 0 Å². The summed E-state index contributed by atoms with van der Waals surface area (Å²) in [6, 6.07) is 6.17. The van der Waals surface area contributed by atoms with Gasteiger partial charge in [-0.25, -0.2) is 0 Å². The molecule has 5 nitrogen and oxygen atoms in total. The molecular weight excluding hydrogens is 338 g/mol. The molecule has 1 aromatic carbocycles. The first-order valence-corrected chi connectivity index (χ1v) is 9.96. The number of carbonyl (C=O) groups is 1. The molecule has 0 spiro atoms. The average molecular weight is 367 g/mol. The van der Waals surface area contributed by atoms with Gasteiger partial charge in [-0.3, -0.25) is 4.79 Å². The van der Waals surface area contributed by atoms with E-state index in [4.69, 9.17) is 4.52 Å². The fourth-order valence-corrected chi connectivity index (χ4v) is 4.35. The van der Waals surface area contributed by atoms with Crippen LogP contribution in [0.1, 0.15) is 61.0 Å². The minimum atomic E-state index is -0.173. The second kappa shape index (κ2) is 6.70. The number of hydrogen-bond acceptors (Lipinski definition) is 4. The van der Waals surface area contributed by atoms with Crippen molar-refractivity contribution in [3.8, 4) is 0 Å². The topological polar surface area (TPSA) is 58.4 Å².